The van der Waals surface area contributed by atoms with Crippen LogP contribution in [0.2, 0.25) is 0 Å². The van der Waals surface area contributed by atoms with Crippen molar-refractivity contribution in [3.05, 3.63) is 88.7 Å². The number of nitrogens with one attached hydrogen (secondary N) is 1. The van der Waals surface area contributed by atoms with E-state index in [-0.39, 0.29) is 22.6 Å². The number of carboxylic acid groups (broad SMARTS) is 1. The molecule has 0 radical (unpaired) electrons. The van der Waals surface area contributed by atoms with E-state index in [1.807, 2.05) is 76.2 Å². The third kappa shape index (κ3) is 8.42. The number of aromatic nitrogens is 2. The number of amides is 1. The molecule has 8 heteroatoms. The summed E-state index contributed by atoms with van der Waals surface area (Å²) in [5.74, 6) is 0.759. The van der Waals surface area contributed by atoms with Crippen molar-refractivity contribution in [1.29, 1.82) is 0 Å². The number of carboxylic acids is 1. The molecule has 0 bridgehead atoms. The summed E-state index contributed by atoms with van der Waals surface area (Å²) >= 11 is 1.29. The molecule has 4 aromatic rings. The van der Waals surface area contributed by atoms with E-state index in [1.54, 1.807) is 12.1 Å². The zero-order chi connectivity index (χ0) is 32.9. The maximum Gasteiger partial charge on any atom is 0.336 e. The number of thioether (sulfide) groups is 1. The van der Waals surface area contributed by atoms with Gasteiger partial charge in [-0.25, -0.2) is 9.78 Å². The SMILES string of the molecule is CCCc1nc2c(C)cc(C(=O)N[C@@H](CSC(=O)C(C)(C)C)CC(C)C)cc2n1Cc1ccc(-c2ccccc2C(=O)O)cc1. The van der Waals surface area contributed by atoms with Crippen LogP contribution in [0.15, 0.2) is 60.7 Å². The smallest absolute Gasteiger partial charge is 0.336 e. The maximum atomic E-state index is 13.6. The summed E-state index contributed by atoms with van der Waals surface area (Å²) in [6.07, 6.45) is 2.51. The molecule has 1 atom stereocenters. The van der Waals surface area contributed by atoms with Gasteiger partial charge in [0, 0.05) is 35.7 Å². The first-order valence-corrected chi connectivity index (χ1v) is 16.7. The van der Waals surface area contributed by atoms with Gasteiger partial charge >= 0.3 is 5.97 Å². The molecule has 1 amide bonds. The van der Waals surface area contributed by atoms with Gasteiger partial charge < -0.3 is 15.0 Å². The van der Waals surface area contributed by atoms with Gasteiger partial charge in [0.2, 0.25) is 0 Å². The van der Waals surface area contributed by atoms with Crippen LogP contribution in [-0.4, -0.2) is 43.4 Å². The van der Waals surface area contributed by atoms with E-state index in [0.29, 0.717) is 29.3 Å². The number of benzene rings is 3. The lowest BCUT2D eigenvalue weighted by Gasteiger charge is -2.22. The number of aryl methyl sites for hydroxylation is 2. The molecular weight excluding hydrogens is 582 g/mol. The molecule has 1 aromatic heterocycles. The quantitative estimate of drug-likeness (QED) is 0.164. The van der Waals surface area contributed by atoms with Gasteiger partial charge in [0.1, 0.15) is 5.82 Å². The van der Waals surface area contributed by atoms with Crippen LogP contribution in [0.5, 0.6) is 0 Å². The molecule has 0 unspecified atom stereocenters. The summed E-state index contributed by atoms with van der Waals surface area (Å²) < 4.78 is 2.19. The van der Waals surface area contributed by atoms with E-state index >= 15 is 0 Å². The van der Waals surface area contributed by atoms with Gasteiger partial charge in [-0.15, -0.1) is 0 Å². The molecule has 238 valence electrons. The molecule has 0 aliphatic carbocycles. The summed E-state index contributed by atoms with van der Waals surface area (Å²) in [5, 5.41) is 13.0. The van der Waals surface area contributed by atoms with Crippen LogP contribution in [0.1, 0.15) is 92.1 Å². The Morgan fingerprint density at radius 1 is 1.02 bits per heavy atom. The Kier molecular flexibility index (Phi) is 10.9. The summed E-state index contributed by atoms with van der Waals surface area (Å²) in [5.41, 5.74) is 5.71. The van der Waals surface area contributed by atoms with Crippen molar-refractivity contribution < 1.29 is 19.5 Å². The largest absolute Gasteiger partial charge is 0.478 e. The molecule has 2 N–H and O–H groups in total. The zero-order valence-corrected chi connectivity index (χ0v) is 28.3. The molecular formula is C37H45N3O4S. The first kappa shape index (κ1) is 34.0. The number of aromatic carboxylic acids is 1. The summed E-state index contributed by atoms with van der Waals surface area (Å²) in [4.78, 5) is 43.0. The van der Waals surface area contributed by atoms with Crippen LogP contribution in [0.3, 0.4) is 0 Å². The maximum absolute atomic E-state index is 13.6. The van der Waals surface area contributed by atoms with Gasteiger partial charge in [-0.05, 0) is 66.1 Å². The van der Waals surface area contributed by atoms with E-state index in [2.05, 4.69) is 30.7 Å². The Hall–Kier alpha value is -3.91. The van der Waals surface area contributed by atoms with Crippen molar-refractivity contribution in [2.75, 3.05) is 5.75 Å². The van der Waals surface area contributed by atoms with E-state index in [0.717, 1.165) is 52.8 Å². The molecule has 3 aromatic carbocycles. The fourth-order valence-corrected chi connectivity index (χ4v) is 6.46. The number of carbonyl (C=O) groups is 3. The molecule has 0 saturated carbocycles. The number of imidazole rings is 1. The van der Waals surface area contributed by atoms with Gasteiger partial charge in [-0.1, -0.05) is 95.8 Å². The van der Waals surface area contributed by atoms with E-state index < -0.39 is 11.4 Å². The molecule has 0 fully saturated rings. The van der Waals surface area contributed by atoms with Gasteiger partial charge in [0.15, 0.2) is 5.12 Å². The van der Waals surface area contributed by atoms with Crippen LogP contribution in [0, 0.1) is 18.3 Å². The molecule has 4 rings (SSSR count). The van der Waals surface area contributed by atoms with Gasteiger partial charge in [-0.2, -0.15) is 0 Å². The minimum absolute atomic E-state index is 0.120. The lowest BCUT2D eigenvalue weighted by atomic mass is 9.98. The average Bonchev–Trinajstić information content (AvgIpc) is 3.32. The number of hydrogen-bond donors (Lipinski definition) is 2. The molecule has 7 nitrogen and oxygen atoms in total. The standard InChI is InChI=1S/C37H45N3O4S/c1-8-11-32-39-33-24(4)19-27(34(41)38-28(18-23(2)3)22-45-36(44)37(5,6)7)20-31(33)40(32)21-25-14-16-26(17-15-25)29-12-9-10-13-30(29)35(42)43/h9-10,12-17,19-20,23,28H,8,11,18,21-22H2,1-7H3,(H,38,41)(H,42,43)/t28-/m1/s1. The van der Waals surface area contributed by atoms with Crippen LogP contribution >= 0.6 is 11.8 Å². The molecule has 45 heavy (non-hydrogen) atoms. The Bertz CT molecular complexity index is 1680. The molecule has 0 spiro atoms. The van der Waals surface area contributed by atoms with E-state index in [4.69, 9.17) is 4.98 Å². The predicted octanol–water partition coefficient (Wildman–Crippen LogP) is 8.16. The summed E-state index contributed by atoms with van der Waals surface area (Å²) in [7, 11) is 0. The molecule has 0 saturated heterocycles. The fraction of sp³-hybridized carbons (Fsp3) is 0.405. The van der Waals surface area contributed by atoms with Crippen molar-refractivity contribution in [1.82, 2.24) is 14.9 Å². The van der Waals surface area contributed by atoms with E-state index in [1.165, 1.54) is 11.8 Å². The molecule has 0 aliphatic rings. The van der Waals surface area contributed by atoms with Crippen molar-refractivity contribution in [2.45, 2.75) is 80.3 Å². The highest BCUT2D eigenvalue weighted by molar-refractivity contribution is 8.13. The lowest BCUT2D eigenvalue weighted by Crippen LogP contribution is -2.38. The average molecular weight is 628 g/mol. The second-order valence-corrected chi connectivity index (χ2v) is 14.2. The number of nitrogens with zero attached hydrogens (tertiary/aromatic N) is 2. The monoisotopic (exact) mass is 627 g/mol. The third-order valence-corrected chi connectivity index (χ3v) is 9.19. The fourth-order valence-electron chi connectivity index (χ4n) is 5.46. The van der Waals surface area contributed by atoms with E-state index in [9.17, 15) is 19.5 Å². The number of rotatable bonds is 12. The highest BCUT2D eigenvalue weighted by Crippen LogP contribution is 2.28. The minimum atomic E-state index is -0.952. The first-order valence-electron chi connectivity index (χ1n) is 15.7. The Morgan fingerprint density at radius 2 is 1.71 bits per heavy atom. The Labute approximate surface area is 270 Å². The number of carbonyl (C=O) groups excluding carboxylic acids is 2. The van der Waals surface area contributed by atoms with Gasteiger partial charge in [-0.3, -0.25) is 9.59 Å². The molecule has 1 heterocycles. The highest BCUT2D eigenvalue weighted by Gasteiger charge is 2.25. The van der Waals surface area contributed by atoms with Gasteiger partial charge in [0.05, 0.1) is 16.6 Å². The third-order valence-electron chi connectivity index (χ3n) is 7.74. The zero-order valence-electron chi connectivity index (χ0n) is 27.4. The van der Waals surface area contributed by atoms with Crippen LogP contribution in [0.4, 0.5) is 0 Å². The minimum Gasteiger partial charge on any atom is -0.478 e. The number of fused-ring (bicyclic) bond motifs is 1. The van der Waals surface area contributed by atoms with Crippen LogP contribution in [0.25, 0.3) is 22.2 Å². The Balaban J connectivity index is 1.63. The van der Waals surface area contributed by atoms with Crippen molar-refractivity contribution >= 4 is 39.8 Å². The Morgan fingerprint density at radius 3 is 2.33 bits per heavy atom. The topological polar surface area (TPSA) is 101 Å². The highest BCUT2D eigenvalue weighted by atomic mass is 32.2. The first-order chi connectivity index (χ1) is 21.3. The van der Waals surface area contributed by atoms with Crippen molar-refractivity contribution in [3.63, 3.8) is 0 Å². The van der Waals surface area contributed by atoms with Crippen LogP contribution < -0.4 is 5.32 Å². The normalized spacial score (nSPS) is 12.4. The second-order valence-electron chi connectivity index (χ2n) is 13.2. The molecule has 0 aliphatic heterocycles. The lowest BCUT2D eigenvalue weighted by molar-refractivity contribution is -0.117. The van der Waals surface area contributed by atoms with Gasteiger partial charge in [0.25, 0.3) is 5.91 Å². The van der Waals surface area contributed by atoms with Crippen molar-refractivity contribution in [2.24, 2.45) is 11.3 Å². The van der Waals surface area contributed by atoms with Crippen molar-refractivity contribution in [3.8, 4) is 11.1 Å². The van der Waals surface area contributed by atoms with Crippen LogP contribution in [-0.2, 0) is 17.8 Å². The summed E-state index contributed by atoms with van der Waals surface area (Å²) in [6, 6.07) is 18.7. The second kappa shape index (κ2) is 14.5. The predicted molar refractivity (Wildman–Crippen MR) is 184 cm³/mol. The number of hydrogen-bond acceptors (Lipinski definition) is 5. The summed E-state index contributed by atoms with van der Waals surface area (Å²) in [6.45, 7) is 14.7.